The molecule has 2 aliphatic rings. The summed E-state index contributed by atoms with van der Waals surface area (Å²) in [5, 5.41) is 0. The van der Waals surface area contributed by atoms with Crippen LogP contribution >= 0.6 is 0 Å². The average Bonchev–Trinajstić information content (AvgIpc) is 2.44. The van der Waals surface area contributed by atoms with E-state index >= 15 is 0 Å². The van der Waals surface area contributed by atoms with Gasteiger partial charge in [0.15, 0.2) is 0 Å². The molecule has 1 nitrogen and oxygen atoms in total. The van der Waals surface area contributed by atoms with Crippen LogP contribution in [0.25, 0.3) is 0 Å². The Balaban J connectivity index is 2.52. The molecule has 0 radical (unpaired) electrons. The van der Waals surface area contributed by atoms with Crippen molar-refractivity contribution in [3.8, 4) is 0 Å². The molecule has 0 aliphatic heterocycles. The van der Waals surface area contributed by atoms with E-state index in [4.69, 9.17) is 0 Å². The Morgan fingerprint density at radius 2 is 1.92 bits per heavy atom. The van der Waals surface area contributed by atoms with Gasteiger partial charge in [0.2, 0.25) is 0 Å². The van der Waals surface area contributed by atoms with Crippen LogP contribution in [0.2, 0.25) is 0 Å². The van der Waals surface area contributed by atoms with Crippen LogP contribution in [0.15, 0.2) is 11.1 Å². The quantitative estimate of drug-likeness (QED) is 0.445. The van der Waals surface area contributed by atoms with Crippen molar-refractivity contribution in [2.75, 3.05) is 0 Å². The molecule has 0 amide bonds. The summed E-state index contributed by atoms with van der Waals surface area (Å²) in [5.41, 5.74) is 3.51. The van der Waals surface area contributed by atoms with Gasteiger partial charge in [-0.05, 0) is 37.5 Å². The monoisotopic (exact) mass is 178 g/mol. The average molecular weight is 178 g/mol. The molecule has 0 spiro atoms. The Hall–Kier alpha value is -0.590. The van der Waals surface area contributed by atoms with Gasteiger partial charge in [0.25, 0.3) is 0 Å². The first-order valence-corrected chi connectivity index (χ1v) is 5.08. The molecule has 72 valence electrons. The van der Waals surface area contributed by atoms with E-state index in [0.29, 0.717) is 5.41 Å². The van der Waals surface area contributed by atoms with Crippen molar-refractivity contribution in [2.24, 2.45) is 16.7 Å². The molecule has 0 N–H and O–H groups in total. The molecule has 0 aromatic carbocycles. The summed E-state index contributed by atoms with van der Waals surface area (Å²) < 4.78 is 0. The fourth-order valence-corrected chi connectivity index (χ4v) is 3.50. The maximum atomic E-state index is 11.0. The summed E-state index contributed by atoms with van der Waals surface area (Å²) in [6.45, 7) is 9.00. The lowest BCUT2D eigenvalue weighted by Crippen LogP contribution is -2.25. The molecule has 0 heterocycles. The van der Waals surface area contributed by atoms with Crippen molar-refractivity contribution >= 4 is 6.29 Å². The lowest BCUT2D eigenvalue weighted by Gasteiger charge is -2.31. The number of hydrogen-bond acceptors (Lipinski definition) is 1. The van der Waals surface area contributed by atoms with Gasteiger partial charge < -0.3 is 4.79 Å². The van der Waals surface area contributed by atoms with Gasteiger partial charge in [-0.15, -0.1) is 0 Å². The predicted molar refractivity (Wildman–Crippen MR) is 53.4 cm³/mol. The van der Waals surface area contributed by atoms with Crippen LogP contribution in [0, 0.1) is 16.7 Å². The van der Waals surface area contributed by atoms with Crippen molar-refractivity contribution in [2.45, 2.75) is 40.5 Å². The third kappa shape index (κ3) is 0.853. The minimum atomic E-state index is 0.181. The molecule has 3 atom stereocenters. The number of allylic oxidation sites excluding steroid dienone is 2. The number of aldehydes is 1. The molecular weight excluding hydrogens is 160 g/mol. The summed E-state index contributed by atoms with van der Waals surface area (Å²) in [6.07, 6.45) is 3.42. The van der Waals surface area contributed by atoms with Crippen LogP contribution in [0.3, 0.4) is 0 Å². The maximum Gasteiger partial charge on any atom is 0.123 e. The van der Waals surface area contributed by atoms with Gasteiger partial charge in [-0.25, -0.2) is 0 Å². The molecule has 3 unspecified atom stereocenters. The highest BCUT2D eigenvalue weighted by Crippen LogP contribution is 2.65. The third-order valence-corrected chi connectivity index (χ3v) is 4.73. The van der Waals surface area contributed by atoms with Crippen molar-refractivity contribution in [1.29, 1.82) is 0 Å². The maximum absolute atomic E-state index is 11.0. The second-order valence-electron chi connectivity index (χ2n) is 5.35. The Labute approximate surface area is 80.2 Å². The van der Waals surface area contributed by atoms with E-state index in [2.05, 4.69) is 27.7 Å². The number of hydrogen-bond donors (Lipinski definition) is 0. The van der Waals surface area contributed by atoms with Crippen LogP contribution in [0.4, 0.5) is 0 Å². The number of carbonyl (C=O) groups is 1. The molecule has 1 fully saturated rings. The lowest BCUT2D eigenvalue weighted by molar-refractivity contribution is -0.113. The Kier molecular flexibility index (Phi) is 1.56. The van der Waals surface area contributed by atoms with Crippen LogP contribution < -0.4 is 0 Å². The first-order valence-electron chi connectivity index (χ1n) is 5.08. The van der Waals surface area contributed by atoms with E-state index in [1.54, 1.807) is 0 Å². The number of fused-ring (bicyclic) bond motifs is 2. The molecule has 0 aromatic rings. The molecule has 2 bridgehead atoms. The van der Waals surface area contributed by atoms with Crippen molar-refractivity contribution in [1.82, 2.24) is 0 Å². The smallest absolute Gasteiger partial charge is 0.123 e. The fraction of sp³-hybridized carbons (Fsp3) is 0.750. The normalized spacial score (nSPS) is 48.8. The van der Waals surface area contributed by atoms with Crippen LogP contribution in [-0.4, -0.2) is 6.29 Å². The predicted octanol–water partition coefficient (Wildman–Crippen LogP) is 2.96. The van der Waals surface area contributed by atoms with Gasteiger partial charge in [-0.3, -0.25) is 0 Å². The zero-order valence-electron chi connectivity index (χ0n) is 8.98. The topological polar surface area (TPSA) is 17.1 Å². The lowest BCUT2D eigenvalue weighted by atomic mass is 9.72. The van der Waals surface area contributed by atoms with Gasteiger partial charge in [-0.2, -0.15) is 0 Å². The van der Waals surface area contributed by atoms with Gasteiger partial charge in [0, 0.05) is 5.92 Å². The summed E-state index contributed by atoms with van der Waals surface area (Å²) in [7, 11) is 0. The molecule has 0 aromatic heterocycles. The largest absolute Gasteiger partial charge is 0.303 e. The minimum Gasteiger partial charge on any atom is -0.303 e. The summed E-state index contributed by atoms with van der Waals surface area (Å²) >= 11 is 0. The molecule has 0 saturated heterocycles. The fourth-order valence-electron chi connectivity index (χ4n) is 3.50. The summed E-state index contributed by atoms with van der Waals surface area (Å²) in [6, 6.07) is 0. The van der Waals surface area contributed by atoms with E-state index < -0.39 is 0 Å². The van der Waals surface area contributed by atoms with Gasteiger partial charge in [0.05, 0.1) is 0 Å². The summed E-state index contributed by atoms with van der Waals surface area (Å²) in [4.78, 5) is 11.0. The van der Waals surface area contributed by atoms with Crippen molar-refractivity contribution < 1.29 is 4.79 Å². The van der Waals surface area contributed by atoms with E-state index in [-0.39, 0.29) is 11.3 Å². The van der Waals surface area contributed by atoms with Gasteiger partial charge in [0.1, 0.15) is 6.29 Å². The first-order chi connectivity index (χ1) is 5.94. The first kappa shape index (κ1) is 8.98. The zero-order valence-corrected chi connectivity index (χ0v) is 8.98. The van der Waals surface area contributed by atoms with Crippen LogP contribution in [-0.2, 0) is 4.79 Å². The molecule has 2 rings (SSSR count). The third-order valence-electron chi connectivity index (χ3n) is 4.73. The molecular formula is C12H18O. The SMILES string of the molecule is CC1=C(C)C2(C)CC1(C)CC2C=O. The molecule has 1 heteroatoms. The van der Waals surface area contributed by atoms with E-state index in [1.165, 1.54) is 23.9 Å². The van der Waals surface area contributed by atoms with Crippen molar-refractivity contribution in [3.63, 3.8) is 0 Å². The van der Waals surface area contributed by atoms with Crippen molar-refractivity contribution in [3.05, 3.63) is 11.1 Å². The standard InChI is InChI=1S/C12H18O/c1-8-9(2)12(4)7-11(8,3)5-10(12)6-13/h6,10H,5,7H2,1-4H3. The highest BCUT2D eigenvalue weighted by Gasteiger charge is 2.57. The highest BCUT2D eigenvalue weighted by atomic mass is 16.1. The van der Waals surface area contributed by atoms with Gasteiger partial charge >= 0.3 is 0 Å². The van der Waals surface area contributed by atoms with E-state index in [0.717, 1.165) is 6.42 Å². The highest BCUT2D eigenvalue weighted by molar-refractivity contribution is 5.60. The number of carbonyl (C=O) groups excluding carboxylic acids is 1. The van der Waals surface area contributed by atoms with E-state index in [1.807, 2.05) is 0 Å². The van der Waals surface area contributed by atoms with Crippen LogP contribution in [0.5, 0.6) is 0 Å². The van der Waals surface area contributed by atoms with E-state index in [9.17, 15) is 4.79 Å². The minimum absolute atomic E-state index is 0.181. The molecule has 13 heavy (non-hydrogen) atoms. The Morgan fingerprint density at radius 1 is 1.31 bits per heavy atom. The summed E-state index contributed by atoms with van der Waals surface area (Å²) in [5.74, 6) is 0.265. The molecule has 1 saturated carbocycles. The Bertz CT molecular complexity index is 302. The van der Waals surface area contributed by atoms with Gasteiger partial charge in [-0.1, -0.05) is 25.0 Å². The number of rotatable bonds is 1. The second-order valence-corrected chi connectivity index (χ2v) is 5.35. The zero-order chi connectivity index (χ0) is 9.85. The second kappa shape index (κ2) is 2.26. The Morgan fingerprint density at radius 3 is 2.31 bits per heavy atom. The molecule has 2 aliphatic carbocycles. The van der Waals surface area contributed by atoms with Crippen LogP contribution in [0.1, 0.15) is 40.5 Å².